The number of aryl methyl sites for hydroxylation is 1. The number of carbonyl (C=O) groups is 1. The van der Waals surface area contributed by atoms with Gasteiger partial charge >= 0.3 is 0 Å². The lowest BCUT2D eigenvalue weighted by Gasteiger charge is -2.16. The van der Waals surface area contributed by atoms with E-state index in [4.69, 9.17) is 11.6 Å². The number of amides is 1. The Kier molecular flexibility index (Phi) is 3.68. The molecule has 2 aromatic rings. The van der Waals surface area contributed by atoms with Crippen molar-refractivity contribution >= 4 is 28.4 Å². The van der Waals surface area contributed by atoms with Crippen LogP contribution in [0.5, 0.6) is 0 Å². The third-order valence-corrected chi connectivity index (χ3v) is 4.05. The number of likely N-dealkylation sites (tertiary alicyclic amines) is 1. The van der Waals surface area contributed by atoms with E-state index in [1.54, 1.807) is 27.8 Å². The maximum Gasteiger partial charge on any atom is 0.278 e. The first kappa shape index (κ1) is 14.1. The van der Waals surface area contributed by atoms with Crippen LogP contribution in [0, 0.1) is 0 Å². The van der Waals surface area contributed by atoms with E-state index in [1.165, 1.54) is 0 Å². The van der Waals surface area contributed by atoms with Crippen LogP contribution >= 0.6 is 11.6 Å². The van der Waals surface area contributed by atoms with Crippen LogP contribution in [0.15, 0.2) is 23.0 Å². The molecular formula is C15H16ClN3O2. The molecule has 0 bridgehead atoms. The molecule has 2 heterocycles. The van der Waals surface area contributed by atoms with Gasteiger partial charge in [-0.2, -0.15) is 5.10 Å². The molecule has 6 heteroatoms. The van der Waals surface area contributed by atoms with Crippen molar-refractivity contribution in [2.45, 2.75) is 26.3 Å². The molecule has 21 heavy (non-hydrogen) atoms. The zero-order chi connectivity index (χ0) is 15.0. The maximum absolute atomic E-state index is 12.6. The van der Waals surface area contributed by atoms with Gasteiger partial charge in [-0.3, -0.25) is 14.3 Å². The SMILES string of the molecule is CCn1nc(C(=O)N2CCCC2)c(=O)c2cc(Cl)ccc21. The average Bonchev–Trinajstić information content (AvgIpc) is 3.02. The zero-order valence-corrected chi connectivity index (χ0v) is 12.6. The zero-order valence-electron chi connectivity index (χ0n) is 11.8. The molecule has 1 fully saturated rings. The fraction of sp³-hybridized carbons (Fsp3) is 0.400. The van der Waals surface area contributed by atoms with Gasteiger partial charge in [-0.15, -0.1) is 0 Å². The van der Waals surface area contributed by atoms with Crippen LogP contribution in [-0.2, 0) is 6.54 Å². The van der Waals surface area contributed by atoms with Crippen molar-refractivity contribution in [3.05, 3.63) is 39.1 Å². The van der Waals surface area contributed by atoms with E-state index in [9.17, 15) is 9.59 Å². The van der Waals surface area contributed by atoms with E-state index in [1.807, 2.05) is 6.92 Å². The Bertz CT molecular complexity index is 763. The van der Waals surface area contributed by atoms with E-state index in [0.29, 0.717) is 35.6 Å². The standard InChI is InChI=1S/C15H16ClN3O2/c1-2-19-12-6-5-10(16)9-11(12)14(20)13(17-19)15(21)18-7-3-4-8-18/h5-6,9H,2-4,7-8H2,1H3. The lowest BCUT2D eigenvalue weighted by Crippen LogP contribution is -2.34. The highest BCUT2D eigenvalue weighted by Gasteiger charge is 2.24. The lowest BCUT2D eigenvalue weighted by molar-refractivity contribution is 0.0783. The van der Waals surface area contributed by atoms with E-state index in [2.05, 4.69) is 5.10 Å². The van der Waals surface area contributed by atoms with Gasteiger partial charge in [0.25, 0.3) is 5.91 Å². The molecule has 0 saturated carbocycles. The van der Waals surface area contributed by atoms with Crippen molar-refractivity contribution in [3.8, 4) is 0 Å². The molecule has 1 saturated heterocycles. The molecule has 1 aromatic carbocycles. The summed E-state index contributed by atoms with van der Waals surface area (Å²) in [4.78, 5) is 26.7. The Morgan fingerprint density at radius 1 is 1.33 bits per heavy atom. The maximum atomic E-state index is 12.6. The molecule has 0 aliphatic carbocycles. The molecule has 0 unspecified atom stereocenters. The average molecular weight is 306 g/mol. The van der Waals surface area contributed by atoms with E-state index >= 15 is 0 Å². The number of nitrogens with zero attached hydrogens (tertiary/aromatic N) is 3. The van der Waals surface area contributed by atoms with Gasteiger partial charge in [0, 0.05) is 24.7 Å². The van der Waals surface area contributed by atoms with Crippen LogP contribution in [-0.4, -0.2) is 33.7 Å². The topological polar surface area (TPSA) is 55.2 Å². The minimum atomic E-state index is -0.339. The molecule has 1 amide bonds. The molecule has 1 aliphatic rings. The van der Waals surface area contributed by atoms with Gasteiger partial charge in [0.2, 0.25) is 5.43 Å². The number of benzene rings is 1. The Morgan fingerprint density at radius 3 is 2.71 bits per heavy atom. The van der Waals surface area contributed by atoms with Gasteiger partial charge in [0.05, 0.1) is 10.9 Å². The van der Waals surface area contributed by atoms with E-state index in [-0.39, 0.29) is 17.0 Å². The van der Waals surface area contributed by atoms with Gasteiger partial charge in [-0.05, 0) is 38.0 Å². The fourth-order valence-corrected chi connectivity index (χ4v) is 2.89. The summed E-state index contributed by atoms with van der Waals surface area (Å²) in [6.07, 6.45) is 1.96. The molecule has 1 aliphatic heterocycles. The lowest BCUT2D eigenvalue weighted by atomic mass is 10.2. The second kappa shape index (κ2) is 5.48. The van der Waals surface area contributed by atoms with Gasteiger partial charge in [-0.25, -0.2) is 0 Å². The van der Waals surface area contributed by atoms with Crippen LogP contribution in [0.1, 0.15) is 30.3 Å². The summed E-state index contributed by atoms with van der Waals surface area (Å²) in [7, 11) is 0. The molecular weight excluding hydrogens is 290 g/mol. The number of aromatic nitrogens is 2. The molecule has 0 atom stereocenters. The highest BCUT2D eigenvalue weighted by Crippen LogP contribution is 2.17. The Hall–Kier alpha value is -1.88. The van der Waals surface area contributed by atoms with Crippen LogP contribution in [0.2, 0.25) is 5.02 Å². The summed E-state index contributed by atoms with van der Waals surface area (Å²) in [5.74, 6) is -0.276. The summed E-state index contributed by atoms with van der Waals surface area (Å²) in [5, 5.41) is 5.19. The summed E-state index contributed by atoms with van der Waals surface area (Å²) in [6.45, 7) is 3.90. The second-order valence-electron chi connectivity index (χ2n) is 5.15. The van der Waals surface area contributed by atoms with Crippen LogP contribution < -0.4 is 5.43 Å². The summed E-state index contributed by atoms with van der Waals surface area (Å²) in [5.41, 5.74) is 0.354. The third kappa shape index (κ3) is 2.42. The van der Waals surface area contributed by atoms with Crippen molar-refractivity contribution in [2.75, 3.05) is 13.1 Å². The smallest absolute Gasteiger partial charge is 0.278 e. The van der Waals surface area contributed by atoms with Crippen LogP contribution in [0.3, 0.4) is 0 Å². The Morgan fingerprint density at radius 2 is 2.05 bits per heavy atom. The van der Waals surface area contributed by atoms with Crippen molar-refractivity contribution < 1.29 is 4.79 Å². The van der Waals surface area contributed by atoms with Crippen molar-refractivity contribution in [3.63, 3.8) is 0 Å². The molecule has 110 valence electrons. The first-order chi connectivity index (χ1) is 10.1. The number of rotatable bonds is 2. The second-order valence-corrected chi connectivity index (χ2v) is 5.59. The minimum absolute atomic E-state index is 0.00600. The first-order valence-electron chi connectivity index (χ1n) is 7.11. The summed E-state index contributed by atoms with van der Waals surface area (Å²) in [6, 6.07) is 5.09. The Labute approximate surface area is 127 Å². The molecule has 0 N–H and O–H groups in total. The van der Waals surface area contributed by atoms with Crippen LogP contribution in [0.25, 0.3) is 10.9 Å². The van der Waals surface area contributed by atoms with Gasteiger partial charge in [0.1, 0.15) is 0 Å². The summed E-state index contributed by atoms with van der Waals surface area (Å²) >= 11 is 5.98. The highest BCUT2D eigenvalue weighted by atomic mass is 35.5. The van der Waals surface area contributed by atoms with E-state index in [0.717, 1.165) is 12.8 Å². The number of carbonyl (C=O) groups excluding carboxylic acids is 1. The molecule has 1 aromatic heterocycles. The molecule has 0 radical (unpaired) electrons. The number of hydrogen-bond donors (Lipinski definition) is 0. The number of fused-ring (bicyclic) bond motifs is 1. The van der Waals surface area contributed by atoms with E-state index < -0.39 is 0 Å². The highest BCUT2D eigenvalue weighted by molar-refractivity contribution is 6.31. The van der Waals surface area contributed by atoms with Crippen LogP contribution in [0.4, 0.5) is 0 Å². The van der Waals surface area contributed by atoms with Gasteiger partial charge in [0.15, 0.2) is 5.69 Å². The fourth-order valence-electron chi connectivity index (χ4n) is 2.71. The predicted molar refractivity (Wildman–Crippen MR) is 81.8 cm³/mol. The predicted octanol–water partition coefficient (Wildman–Crippen LogP) is 2.31. The van der Waals surface area contributed by atoms with Gasteiger partial charge < -0.3 is 4.90 Å². The largest absolute Gasteiger partial charge is 0.337 e. The normalized spacial score (nSPS) is 14.9. The van der Waals surface area contributed by atoms with Crippen molar-refractivity contribution in [2.24, 2.45) is 0 Å². The monoisotopic (exact) mass is 305 g/mol. The van der Waals surface area contributed by atoms with Crippen molar-refractivity contribution in [1.29, 1.82) is 0 Å². The summed E-state index contributed by atoms with van der Waals surface area (Å²) < 4.78 is 1.68. The van der Waals surface area contributed by atoms with Gasteiger partial charge in [-0.1, -0.05) is 11.6 Å². The van der Waals surface area contributed by atoms with Crippen molar-refractivity contribution in [1.82, 2.24) is 14.7 Å². The number of hydrogen-bond acceptors (Lipinski definition) is 3. The molecule has 3 rings (SSSR count). The quantitative estimate of drug-likeness (QED) is 0.855. The third-order valence-electron chi connectivity index (χ3n) is 3.81. The first-order valence-corrected chi connectivity index (χ1v) is 7.49. The molecule has 0 spiro atoms. The minimum Gasteiger partial charge on any atom is -0.337 e. The molecule has 5 nitrogen and oxygen atoms in total. The Balaban J connectivity index is 2.21. The number of halogens is 1.